The summed E-state index contributed by atoms with van der Waals surface area (Å²) in [5.74, 6) is 0.634. The number of amides is 1. The molecule has 5 nitrogen and oxygen atoms in total. The minimum absolute atomic E-state index is 0.0306. The summed E-state index contributed by atoms with van der Waals surface area (Å²) in [5, 5.41) is 0. The molecule has 0 aromatic carbocycles. The fourth-order valence-electron chi connectivity index (χ4n) is 1.76. The molecule has 0 atom stereocenters. The summed E-state index contributed by atoms with van der Waals surface area (Å²) >= 11 is 3.31. The van der Waals surface area contributed by atoms with Crippen molar-refractivity contribution in [3.8, 4) is 5.75 Å². The van der Waals surface area contributed by atoms with Gasteiger partial charge in [-0.2, -0.15) is 0 Å². The molecule has 1 aliphatic heterocycles. The summed E-state index contributed by atoms with van der Waals surface area (Å²) in [7, 11) is 2.06. The van der Waals surface area contributed by atoms with Crippen LogP contribution in [-0.2, 0) is 4.79 Å². The third kappa shape index (κ3) is 3.68. The minimum Gasteiger partial charge on any atom is -0.482 e. The second-order valence-electron chi connectivity index (χ2n) is 4.31. The van der Waals surface area contributed by atoms with Crippen LogP contribution in [0.1, 0.15) is 0 Å². The Balaban J connectivity index is 1.81. The number of likely N-dealkylation sites (N-methyl/N-ethyl adjacent to an activating group) is 1. The Morgan fingerprint density at radius 1 is 1.39 bits per heavy atom. The molecule has 1 amide bonds. The van der Waals surface area contributed by atoms with Crippen LogP contribution in [0.15, 0.2) is 22.9 Å². The zero-order chi connectivity index (χ0) is 13.0. The van der Waals surface area contributed by atoms with Gasteiger partial charge in [-0.25, -0.2) is 0 Å². The normalized spacial score (nSPS) is 16.7. The van der Waals surface area contributed by atoms with E-state index in [2.05, 4.69) is 32.9 Å². The third-order valence-electron chi connectivity index (χ3n) is 2.90. The van der Waals surface area contributed by atoms with Crippen LogP contribution in [0, 0.1) is 0 Å². The lowest BCUT2D eigenvalue weighted by atomic mass is 10.3. The fourth-order valence-corrected chi connectivity index (χ4v) is 2.11. The predicted octanol–water partition coefficient (Wildman–Crippen LogP) is 0.997. The first-order chi connectivity index (χ1) is 8.65. The van der Waals surface area contributed by atoms with Crippen molar-refractivity contribution in [2.75, 3.05) is 39.8 Å². The maximum absolute atomic E-state index is 11.9. The van der Waals surface area contributed by atoms with Crippen molar-refractivity contribution in [2.24, 2.45) is 0 Å². The van der Waals surface area contributed by atoms with Crippen molar-refractivity contribution >= 4 is 21.8 Å². The molecule has 0 spiro atoms. The van der Waals surface area contributed by atoms with Gasteiger partial charge in [0.25, 0.3) is 5.91 Å². The SMILES string of the molecule is CN1CCN(C(=O)COc2cncc(Br)c2)CC1. The fraction of sp³-hybridized carbons (Fsp3) is 0.500. The molecule has 0 aliphatic carbocycles. The Bertz CT molecular complexity index is 420. The highest BCUT2D eigenvalue weighted by molar-refractivity contribution is 9.10. The second kappa shape index (κ2) is 6.15. The van der Waals surface area contributed by atoms with Gasteiger partial charge in [-0.3, -0.25) is 9.78 Å². The molecule has 6 heteroatoms. The lowest BCUT2D eigenvalue weighted by Gasteiger charge is -2.32. The molecule has 1 aliphatic rings. The van der Waals surface area contributed by atoms with Gasteiger partial charge in [0.2, 0.25) is 0 Å². The van der Waals surface area contributed by atoms with Gasteiger partial charge in [-0.05, 0) is 29.0 Å². The predicted molar refractivity (Wildman–Crippen MR) is 71.5 cm³/mol. The van der Waals surface area contributed by atoms with E-state index < -0.39 is 0 Å². The molecule has 0 N–H and O–H groups in total. The van der Waals surface area contributed by atoms with E-state index in [1.165, 1.54) is 0 Å². The van der Waals surface area contributed by atoms with Gasteiger partial charge >= 0.3 is 0 Å². The van der Waals surface area contributed by atoms with Gasteiger partial charge in [-0.15, -0.1) is 0 Å². The van der Waals surface area contributed by atoms with Gasteiger partial charge in [0.15, 0.2) is 6.61 Å². The van der Waals surface area contributed by atoms with Crippen molar-refractivity contribution in [3.05, 3.63) is 22.9 Å². The number of nitrogens with zero attached hydrogens (tertiary/aromatic N) is 3. The zero-order valence-electron chi connectivity index (χ0n) is 10.3. The van der Waals surface area contributed by atoms with Gasteiger partial charge in [0, 0.05) is 36.8 Å². The lowest BCUT2D eigenvalue weighted by molar-refractivity contribution is -0.134. The van der Waals surface area contributed by atoms with Crippen LogP contribution in [0.25, 0.3) is 0 Å². The summed E-state index contributed by atoms with van der Waals surface area (Å²) in [6, 6.07) is 1.80. The molecule has 0 radical (unpaired) electrons. The summed E-state index contributed by atoms with van der Waals surface area (Å²) < 4.78 is 6.27. The van der Waals surface area contributed by atoms with Crippen molar-refractivity contribution in [3.63, 3.8) is 0 Å². The summed E-state index contributed by atoms with van der Waals surface area (Å²) in [6.07, 6.45) is 3.27. The van der Waals surface area contributed by atoms with E-state index in [-0.39, 0.29) is 12.5 Å². The number of halogens is 1. The molecule has 98 valence electrons. The Hall–Kier alpha value is -1.14. The number of ether oxygens (including phenoxy) is 1. The number of pyridine rings is 1. The lowest BCUT2D eigenvalue weighted by Crippen LogP contribution is -2.48. The zero-order valence-corrected chi connectivity index (χ0v) is 11.9. The Morgan fingerprint density at radius 2 is 2.11 bits per heavy atom. The Labute approximate surface area is 115 Å². The van der Waals surface area contributed by atoms with Crippen LogP contribution < -0.4 is 4.74 Å². The number of aromatic nitrogens is 1. The van der Waals surface area contributed by atoms with Crippen LogP contribution in [0.3, 0.4) is 0 Å². The van der Waals surface area contributed by atoms with Crippen LogP contribution in [-0.4, -0.2) is 60.5 Å². The van der Waals surface area contributed by atoms with E-state index in [4.69, 9.17) is 4.74 Å². The first kappa shape index (κ1) is 13.3. The quantitative estimate of drug-likeness (QED) is 0.835. The van der Waals surface area contributed by atoms with Crippen molar-refractivity contribution in [1.29, 1.82) is 0 Å². The molecular formula is C12H16BrN3O2. The molecule has 0 unspecified atom stereocenters. The topological polar surface area (TPSA) is 45.7 Å². The molecule has 2 rings (SSSR count). The highest BCUT2D eigenvalue weighted by atomic mass is 79.9. The minimum atomic E-state index is 0.0306. The number of carbonyl (C=O) groups is 1. The van der Waals surface area contributed by atoms with Crippen LogP contribution >= 0.6 is 15.9 Å². The van der Waals surface area contributed by atoms with Gasteiger partial charge < -0.3 is 14.5 Å². The second-order valence-corrected chi connectivity index (χ2v) is 5.23. The van der Waals surface area contributed by atoms with E-state index >= 15 is 0 Å². The Morgan fingerprint density at radius 3 is 2.78 bits per heavy atom. The van der Waals surface area contributed by atoms with E-state index in [1.54, 1.807) is 18.5 Å². The molecular weight excluding hydrogens is 298 g/mol. The Kier molecular flexibility index (Phi) is 4.54. The maximum Gasteiger partial charge on any atom is 0.260 e. The molecule has 1 saturated heterocycles. The number of rotatable bonds is 3. The number of hydrogen-bond donors (Lipinski definition) is 0. The molecule has 1 aromatic heterocycles. The smallest absolute Gasteiger partial charge is 0.260 e. The molecule has 18 heavy (non-hydrogen) atoms. The molecule has 1 fully saturated rings. The average Bonchev–Trinajstić information content (AvgIpc) is 2.37. The largest absolute Gasteiger partial charge is 0.482 e. The van der Waals surface area contributed by atoms with Crippen molar-refractivity contribution < 1.29 is 9.53 Å². The van der Waals surface area contributed by atoms with Crippen LogP contribution in [0.5, 0.6) is 5.75 Å². The average molecular weight is 314 g/mol. The first-order valence-electron chi connectivity index (χ1n) is 5.85. The van der Waals surface area contributed by atoms with E-state index in [0.29, 0.717) is 5.75 Å². The van der Waals surface area contributed by atoms with E-state index in [1.807, 2.05) is 4.90 Å². The van der Waals surface area contributed by atoms with Crippen molar-refractivity contribution in [1.82, 2.24) is 14.8 Å². The van der Waals surface area contributed by atoms with E-state index in [0.717, 1.165) is 30.7 Å². The monoisotopic (exact) mass is 313 g/mol. The highest BCUT2D eigenvalue weighted by Crippen LogP contribution is 2.15. The maximum atomic E-state index is 11.9. The third-order valence-corrected chi connectivity index (χ3v) is 3.33. The van der Waals surface area contributed by atoms with Gasteiger partial charge in [0.05, 0.1) is 6.20 Å². The summed E-state index contributed by atoms with van der Waals surface area (Å²) in [4.78, 5) is 19.9. The summed E-state index contributed by atoms with van der Waals surface area (Å²) in [6.45, 7) is 3.46. The van der Waals surface area contributed by atoms with E-state index in [9.17, 15) is 4.79 Å². The number of piperazine rings is 1. The van der Waals surface area contributed by atoms with Crippen LogP contribution in [0.2, 0.25) is 0 Å². The molecule has 0 saturated carbocycles. The highest BCUT2D eigenvalue weighted by Gasteiger charge is 2.19. The van der Waals surface area contributed by atoms with Crippen LogP contribution in [0.4, 0.5) is 0 Å². The molecule has 0 bridgehead atoms. The molecule has 1 aromatic rings. The first-order valence-corrected chi connectivity index (χ1v) is 6.64. The number of hydrogen-bond acceptors (Lipinski definition) is 4. The number of carbonyl (C=O) groups excluding carboxylic acids is 1. The summed E-state index contributed by atoms with van der Waals surface area (Å²) in [5.41, 5.74) is 0. The van der Waals surface area contributed by atoms with Crippen molar-refractivity contribution in [2.45, 2.75) is 0 Å². The van der Waals surface area contributed by atoms with Gasteiger partial charge in [0.1, 0.15) is 5.75 Å². The molecule has 2 heterocycles. The standard InChI is InChI=1S/C12H16BrN3O2/c1-15-2-4-16(5-3-15)12(17)9-18-11-6-10(13)7-14-8-11/h6-8H,2-5,9H2,1H3. The van der Waals surface area contributed by atoms with Gasteiger partial charge in [-0.1, -0.05) is 0 Å².